The minimum absolute atomic E-state index is 0.109. The van der Waals surface area contributed by atoms with Crippen LogP contribution < -0.4 is 14.8 Å². The maximum atomic E-state index is 12.2. The van der Waals surface area contributed by atoms with Gasteiger partial charge in [-0.1, -0.05) is 29.8 Å². The number of nitrogens with zero attached hydrogens (tertiary/aromatic N) is 1. The van der Waals surface area contributed by atoms with Crippen LogP contribution in [0, 0.1) is 0 Å². The van der Waals surface area contributed by atoms with E-state index in [2.05, 4.69) is 10.3 Å². The lowest BCUT2D eigenvalue weighted by molar-refractivity contribution is 0.0968. The summed E-state index contributed by atoms with van der Waals surface area (Å²) >= 11 is 6.01. The Kier molecular flexibility index (Phi) is 4.86. The van der Waals surface area contributed by atoms with Gasteiger partial charge >= 0.3 is 0 Å². The van der Waals surface area contributed by atoms with Crippen LogP contribution in [0.1, 0.15) is 15.9 Å². The van der Waals surface area contributed by atoms with E-state index >= 15 is 0 Å². The van der Waals surface area contributed by atoms with Crippen LogP contribution in [-0.4, -0.2) is 25.8 Å². The van der Waals surface area contributed by atoms with Crippen molar-refractivity contribution in [3.63, 3.8) is 0 Å². The summed E-state index contributed by atoms with van der Waals surface area (Å²) < 4.78 is 15.7. The smallest absolute Gasteiger partial charge is 0.291 e. The molecule has 24 heavy (non-hydrogen) atoms. The van der Waals surface area contributed by atoms with Crippen molar-refractivity contribution in [2.45, 2.75) is 6.54 Å². The number of hydrogen-bond donors (Lipinski definition) is 1. The van der Waals surface area contributed by atoms with Gasteiger partial charge < -0.3 is 14.2 Å². The lowest BCUT2D eigenvalue weighted by Gasteiger charge is -2.08. The molecular formula is C17H15ClN2O4. The molecule has 0 bridgehead atoms. The minimum Gasteiger partial charge on any atom is -0.468 e. The summed E-state index contributed by atoms with van der Waals surface area (Å²) in [6.45, 7) is 0.544. The number of benzene rings is 2. The second-order valence-corrected chi connectivity index (χ2v) is 5.35. The number of hydrogen-bond acceptors (Lipinski definition) is 5. The number of carbonyl (C=O) groups is 1. The highest BCUT2D eigenvalue weighted by molar-refractivity contribution is 6.34. The van der Waals surface area contributed by atoms with E-state index in [0.29, 0.717) is 28.6 Å². The Morgan fingerprint density at radius 2 is 2.04 bits per heavy atom. The van der Waals surface area contributed by atoms with E-state index in [1.54, 1.807) is 24.3 Å². The van der Waals surface area contributed by atoms with E-state index in [1.807, 2.05) is 18.2 Å². The molecule has 2 aromatic rings. The van der Waals surface area contributed by atoms with Crippen LogP contribution in [0.4, 0.5) is 0 Å². The molecule has 0 aromatic heterocycles. The van der Waals surface area contributed by atoms with Crippen molar-refractivity contribution in [2.75, 3.05) is 13.9 Å². The zero-order chi connectivity index (χ0) is 16.9. The molecule has 1 amide bonds. The van der Waals surface area contributed by atoms with Gasteiger partial charge in [0.1, 0.15) is 0 Å². The molecule has 0 radical (unpaired) electrons. The fraction of sp³-hybridized carbons (Fsp3) is 0.176. The normalized spacial score (nSPS) is 12.8. The van der Waals surface area contributed by atoms with Crippen LogP contribution in [-0.2, 0) is 11.3 Å². The molecule has 0 saturated heterocycles. The summed E-state index contributed by atoms with van der Waals surface area (Å²) in [6.07, 6.45) is 0. The number of carbonyl (C=O) groups excluding carboxylic acids is 1. The standard InChI is InChI=1S/C17H15ClN2O4/c1-22-17(20-16(21)12-4-2-3-5-13(12)18)19-9-11-6-7-14-15(8-11)24-10-23-14/h2-8H,9-10H2,1H3,(H,19,20,21). The van der Waals surface area contributed by atoms with Gasteiger partial charge in [-0.3, -0.25) is 10.1 Å². The molecule has 1 heterocycles. The fourth-order valence-electron chi connectivity index (χ4n) is 2.17. The second kappa shape index (κ2) is 7.23. The topological polar surface area (TPSA) is 69.2 Å². The molecule has 0 saturated carbocycles. The Hall–Kier alpha value is -2.73. The van der Waals surface area contributed by atoms with Crippen LogP contribution in [0.3, 0.4) is 0 Å². The lowest BCUT2D eigenvalue weighted by atomic mass is 10.2. The van der Waals surface area contributed by atoms with Gasteiger partial charge in [0.05, 0.1) is 24.2 Å². The van der Waals surface area contributed by atoms with Crippen molar-refractivity contribution >= 4 is 23.5 Å². The van der Waals surface area contributed by atoms with E-state index in [0.717, 1.165) is 5.56 Å². The molecule has 0 unspecified atom stereocenters. The summed E-state index contributed by atoms with van der Waals surface area (Å²) in [5.74, 6) is 1.01. The molecule has 0 atom stereocenters. The van der Waals surface area contributed by atoms with Crippen LogP contribution in [0.5, 0.6) is 11.5 Å². The van der Waals surface area contributed by atoms with Crippen molar-refractivity contribution in [1.82, 2.24) is 5.32 Å². The molecule has 1 aliphatic rings. The van der Waals surface area contributed by atoms with E-state index in [4.69, 9.17) is 25.8 Å². The van der Waals surface area contributed by atoms with Gasteiger partial charge in [0.25, 0.3) is 11.9 Å². The van der Waals surface area contributed by atoms with Gasteiger partial charge in [-0.15, -0.1) is 0 Å². The van der Waals surface area contributed by atoms with Crippen molar-refractivity contribution in [1.29, 1.82) is 0 Å². The maximum absolute atomic E-state index is 12.2. The number of halogens is 1. The summed E-state index contributed by atoms with van der Waals surface area (Å²) in [6, 6.07) is 12.4. The van der Waals surface area contributed by atoms with Crippen LogP contribution >= 0.6 is 11.6 Å². The molecule has 0 aliphatic carbocycles. The van der Waals surface area contributed by atoms with Crippen LogP contribution in [0.25, 0.3) is 0 Å². The molecule has 124 valence electrons. The number of fused-ring (bicyclic) bond motifs is 1. The first kappa shape index (κ1) is 16.1. The summed E-state index contributed by atoms with van der Waals surface area (Å²) in [5, 5.41) is 2.96. The number of rotatable bonds is 3. The summed E-state index contributed by atoms with van der Waals surface area (Å²) in [4.78, 5) is 16.5. The average molecular weight is 347 g/mol. The molecule has 0 spiro atoms. The number of amides is 1. The highest BCUT2D eigenvalue weighted by Crippen LogP contribution is 2.32. The number of methoxy groups -OCH3 is 1. The van der Waals surface area contributed by atoms with Gasteiger partial charge in [0, 0.05) is 0 Å². The van der Waals surface area contributed by atoms with Gasteiger partial charge in [0.15, 0.2) is 11.5 Å². The van der Waals surface area contributed by atoms with E-state index < -0.39 is 0 Å². The minimum atomic E-state index is -0.383. The van der Waals surface area contributed by atoms with Crippen molar-refractivity contribution in [3.8, 4) is 11.5 Å². The monoisotopic (exact) mass is 346 g/mol. The first-order valence-electron chi connectivity index (χ1n) is 7.20. The largest absolute Gasteiger partial charge is 0.468 e. The third-order valence-electron chi connectivity index (χ3n) is 3.37. The number of aliphatic imine (C=N–C) groups is 1. The Bertz CT molecular complexity index is 792. The van der Waals surface area contributed by atoms with Crippen molar-refractivity contribution in [3.05, 3.63) is 58.6 Å². The Morgan fingerprint density at radius 1 is 1.25 bits per heavy atom. The molecule has 1 N–H and O–H groups in total. The zero-order valence-electron chi connectivity index (χ0n) is 12.9. The van der Waals surface area contributed by atoms with Crippen molar-refractivity contribution < 1.29 is 19.0 Å². The first-order valence-corrected chi connectivity index (χ1v) is 7.58. The van der Waals surface area contributed by atoms with Gasteiger partial charge in [-0.25, -0.2) is 4.99 Å². The Morgan fingerprint density at radius 3 is 2.83 bits per heavy atom. The highest BCUT2D eigenvalue weighted by atomic mass is 35.5. The van der Waals surface area contributed by atoms with Gasteiger partial charge in [-0.2, -0.15) is 0 Å². The van der Waals surface area contributed by atoms with Crippen LogP contribution in [0.2, 0.25) is 5.02 Å². The van der Waals surface area contributed by atoms with Crippen molar-refractivity contribution in [2.24, 2.45) is 4.99 Å². The van der Waals surface area contributed by atoms with Crippen LogP contribution in [0.15, 0.2) is 47.5 Å². The zero-order valence-corrected chi connectivity index (χ0v) is 13.7. The SMILES string of the molecule is COC(=NCc1ccc2c(c1)OCO2)NC(=O)c1ccccc1Cl. The predicted molar refractivity (Wildman–Crippen MR) is 89.6 cm³/mol. The molecular weight excluding hydrogens is 332 g/mol. The predicted octanol–water partition coefficient (Wildman–Crippen LogP) is 3.00. The Balaban J connectivity index is 1.68. The van der Waals surface area contributed by atoms with Gasteiger partial charge in [0.2, 0.25) is 6.79 Å². The molecule has 7 heteroatoms. The molecule has 6 nitrogen and oxygen atoms in total. The fourth-order valence-corrected chi connectivity index (χ4v) is 2.39. The highest BCUT2D eigenvalue weighted by Gasteiger charge is 2.14. The number of ether oxygens (including phenoxy) is 3. The molecule has 2 aromatic carbocycles. The first-order chi connectivity index (χ1) is 11.7. The average Bonchev–Trinajstić information content (AvgIpc) is 3.06. The van der Waals surface area contributed by atoms with E-state index in [9.17, 15) is 4.79 Å². The third kappa shape index (κ3) is 3.60. The van der Waals surface area contributed by atoms with E-state index in [1.165, 1.54) is 7.11 Å². The molecule has 0 fully saturated rings. The second-order valence-electron chi connectivity index (χ2n) is 4.95. The summed E-state index contributed by atoms with van der Waals surface area (Å²) in [7, 11) is 1.44. The quantitative estimate of drug-likeness (QED) is 0.685. The van der Waals surface area contributed by atoms with Gasteiger partial charge in [-0.05, 0) is 29.8 Å². The maximum Gasteiger partial charge on any atom is 0.291 e. The Labute approximate surface area is 144 Å². The number of amidine groups is 1. The molecule has 1 aliphatic heterocycles. The molecule has 3 rings (SSSR count). The summed E-state index contributed by atoms with van der Waals surface area (Å²) in [5.41, 5.74) is 1.26. The van der Waals surface area contributed by atoms with E-state index in [-0.39, 0.29) is 18.7 Å². The third-order valence-corrected chi connectivity index (χ3v) is 3.70. The number of nitrogens with one attached hydrogen (secondary N) is 1. The lowest BCUT2D eigenvalue weighted by Crippen LogP contribution is -2.32.